The van der Waals surface area contributed by atoms with Gasteiger partial charge in [-0.2, -0.15) is 0 Å². The molecular formula is C16H20ClIN2O4. The summed E-state index contributed by atoms with van der Waals surface area (Å²) in [6.45, 7) is 13.0. The fourth-order valence-corrected chi connectivity index (χ4v) is 4.53. The molecule has 0 unspecified atom stereocenters. The number of halogens is 2. The lowest BCUT2D eigenvalue weighted by Crippen LogP contribution is -3.62. The van der Waals surface area contributed by atoms with E-state index in [1.807, 2.05) is 12.4 Å². The lowest BCUT2D eigenvalue weighted by atomic mass is 10.1. The molecule has 0 spiro atoms. The van der Waals surface area contributed by atoms with E-state index >= 15 is 0 Å². The van der Waals surface area contributed by atoms with Gasteiger partial charge in [-0.15, -0.1) is 10.2 Å². The number of aromatic nitrogens is 2. The number of hydrogen-bond donors (Lipinski definition) is 0. The molecular weight excluding hydrogens is 447 g/mol. The summed E-state index contributed by atoms with van der Waals surface area (Å²) in [4.78, 5) is 9.27. The highest BCUT2D eigenvalue weighted by atomic mass is 127. The first-order valence-electron chi connectivity index (χ1n) is 7.04. The molecule has 0 bridgehead atoms. The second-order valence-corrected chi connectivity index (χ2v) is 8.78. The molecule has 2 aromatic rings. The van der Waals surface area contributed by atoms with Gasteiger partial charge in [-0.05, 0) is 63.8 Å². The zero-order valence-corrected chi connectivity index (χ0v) is 17.4. The van der Waals surface area contributed by atoms with Gasteiger partial charge in [-0.25, -0.2) is 28.6 Å². The molecule has 2 aromatic heterocycles. The van der Waals surface area contributed by atoms with Crippen molar-refractivity contribution in [1.82, 2.24) is 9.97 Å². The van der Waals surface area contributed by atoms with E-state index in [9.17, 15) is 0 Å². The van der Waals surface area contributed by atoms with Gasteiger partial charge >= 0.3 is 21.2 Å². The van der Waals surface area contributed by atoms with Gasteiger partial charge in [0.2, 0.25) is 0 Å². The predicted octanol–water partition coefficient (Wildman–Crippen LogP) is -4.30. The molecule has 132 valence electrons. The number of nitrogens with zero attached hydrogens (tertiary/aromatic N) is 2. The molecule has 0 radical (unpaired) electrons. The quantitative estimate of drug-likeness (QED) is 0.326. The van der Waals surface area contributed by atoms with Crippen LogP contribution < -0.4 is 39.8 Å². The lowest BCUT2D eigenvalue weighted by Gasteiger charge is -2.17. The molecule has 6 nitrogen and oxygen atoms in total. The zero-order chi connectivity index (χ0) is 18.7. The maximum absolute atomic E-state index is 8.49. The predicted molar refractivity (Wildman–Crippen MR) is 74.3 cm³/mol. The fraction of sp³-hybridized carbons (Fsp3) is 0.375. The number of hydrogen-bond acceptors (Lipinski definition) is 6. The summed E-state index contributed by atoms with van der Waals surface area (Å²) in [5.74, 6) is 0. The van der Waals surface area contributed by atoms with Crippen molar-refractivity contribution in [1.29, 1.82) is 0 Å². The monoisotopic (exact) mass is 466 g/mol. The van der Waals surface area contributed by atoms with Crippen LogP contribution in [0.5, 0.6) is 0 Å². The van der Waals surface area contributed by atoms with Crippen LogP contribution in [0.25, 0.3) is 0 Å². The Balaban J connectivity index is 0.000000505. The molecule has 0 aromatic carbocycles. The van der Waals surface area contributed by atoms with Crippen LogP contribution in [0, 0.1) is 59.2 Å². The highest BCUT2D eigenvalue weighted by Crippen LogP contribution is 2.10. The third-order valence-electron chi connectivity index (χ3n) is 3.85. The highest BCUT2D eigenvalue weighted by molar-refractivity contribution is 5.29. The molecule has 8 heteroatoms. The first kappa shape index (κ1) is 21.2. The van der Waals surface area contributed by atoms with Crippen molar-refractivity contribution in [3.8, 4) is 0 Å². The van der Waals surface area contributed by atoms with Crippen LogP contribution in [0.1, 0.15) is 33.4 Å². The summed E-state index contributed by atoms with van der Waals surface area (Å²) in [5.41, 5.74) is 7.96. The molecule has 0 aliphatic heterocycles. The molecule has 0 amide bonds. The van der Waals surface area contributed by atoms with Gasteiger partial charge in [0.1, 0.15) is 0 Å². The van der Waals surface area contributed by atoms with Crippen molar-refractivity contribution in [2.24, 2.45) is 0 Å². The van der Waals surface area contributed by atoms with E-state index in [0.29, 0.717) is 0 Å². The van der Waals surface area contributed by atoms with Crippen LogP contribution >= 0.6 is 0 Å². The maximum Gasteiger partial charge on any atom is 0.402 e. The second-order valence-electron chi connectivity index (χ2n) is 5.44. The van der Waals surface area contributed by atoms with Crippen LogP contribution in [0.3, 0.4) is 0 Å². The van der Waals surface area contributed by atoms with E-state index in [4.69, 9.17) is 18.6 Å². The van der Waals surface area contributed by atoms with Crippen LogP contribution in [-0.4, -0.2) is 9.97 Å². The van der Waals surface area contributed by atoms with Crippen LogP contribution in [0.4, 0.5) is 0 Å². The molecule has 0 fully saturated rings. The minimum absolute atomic E-state index is 0.296. The van der Waals surface area contributed by atoms with Gasteiger partial charge in [0, 0.05) is 23.5 Å². The van der Waals surface area contributed by atoms with Gasteiger partial charge in [0.15, 0.2) is 0 Å². The Bertz CT molecular complexity index is 671. The van der Waals surface area contributed by atoms with Gasteiger partial charge < -0.3 is 0 Å². The molecule has 2 heterocycles. The first-order chi connectivity index (χ1) is 10.9. The largest absolute Gasteiger partial charge is 0.402 e. The average molecular weight is 467 g/mol. The molecule has 0 atom stereocenters. The zero-order valence-electron chi connectivity index (χ0n) is 14.4. The summed E-state index contributed by atoms with van der Waals surface area (Å²) in [6.07, 6.45) is 3.99. The number of rotatable bonds is 2. The van der Waals surface area contributed by atoms with Gasteiger partial charge in [0.05, 0.1) is 0 Å². The Morgan fingerprint density at radius 3 is 1.25 bits per heavy atom. The topological polar surface area (TPSA) is 118 Å². The first-order valence-corrected chi connectivity index (χ1v) is 10.4. The standard InChI is InChI=1S/C16H20IN2.ClHO4/c1-9-7-18-15(13(5)11(9)3)17-16-14(6)12(4)10(2)8-19-16;2-1(3,4)5/h7-8H,1-6H3;(H,2,3,4,5)/q+1;/p-1. The summed E-state index contributed by atoms with van der Waals surface area (Å²) < 4.78 is 36.5. The van der Waals surface area contributed by atoms with E-state index in [-0.39, 0.29) is 21.2 Å². The molecule has 0 aliphatic rings. The van der Waals surface area contributed by atoms with Crippen LogP contribution in [0.2, 0.25) is 0 Å². The number of pyridine rings is 2. The Morgan fingerprint density at radius 2 is 0.958 bits per heavy atom. The fourth-order valence-electron chi connectivity index (χ4n) is 1.87. The van der Waals surface area contributed by atoms with E-state index in [1.165, 1.54) is 40.8 Å². The van der Waals surface area contributed by atoms with Crippen LogP contribution in [0.15, 0.2) is 12.4 Å². The minimum Gasteiger partial charge on any atom is -0.222 e. The lowest BCUT2D eigenvalue weighted by molar-refractivity contribution is -2.00. The van der Waals surface area contributed by atoms with Gasteiger partial charge in [-0.3, -0.25) is 0 Å². The van der Waals surface area contributed by atoms with E-state index in [1.54, 1.807) is 0 Å². The van der Waals surface area contributed by atoms with Gasteiger partial charge in [0.25, 0.3) is 7.40 Å². The SMILES string of the molecule is Cc1cnc([I+]c2ncc(C)c(C)c2C)c(C)c1C.[O-][Cl+3]([O-])([O-])[O-]. The van der Waals surface area contributed by atoms with Crippen molar-refractivity contribution < 1.29 is 50.1 Å². The normalized spacial score (nSPS) is 11.1. The van der Waals surface area contributed by atoms with Crippen molar-refractivity contribution in [3.05, 3.63) is 53.2 Å². The smallest absolute Gasteiger partial charge is 0.222 e. The molecule has 0 aliphatic carbocycles. The Hall–Kier alpha value is -0.840. The van der Waals surface area contributed by atoms with E-state index in [0.717, 1.165) is 0 Å². The summed E-state index contributed by atoms with van der Waals surface area (Å²) >= 11 is -0.296. The third-order valence-corrected chi connectivity index (χ3v) is 7.05. The van der Waals surface area contributed by atoms with Crippen molar-refractivity contribution in [3.63, 3.8) is 0 Å². The molecule has 2 rings (SSSR count). The average Bonchev–Trinajstić information content (AvgIpc) is 2.46. The van der Waals surface area contributed by atoms with Crippen molar-refractivity contribution in [2.75, 3.05) is 0 Å². The molecule has 24 heavy (non-hydrogen) atoms. The number of aryl methyl sites for hydroxylation is 2. The van der Waals surface area contributed by atoms with Crippen LogP contribution in [-0.2, 0) is 0 Å². The molecule has 0 saturated heterocycles. The van der Waals surface area contributed by atoms with Gasteiger partial charge in [-0.1, -0.05) is 0 Å². The Kier molecular flexibility index (Phi) is 7.51. The van der Waals surface area contributed by atoms with Crippen molar-refractivity contribution in [2.45, 2.75) is 41.5 Å². The maximum atomic E-state index is 8.49. The molecule has 0 saturated carbocycles. The Labute approximate surface area is 154 Å². The second kappa shape index (κ2) is 8.50. The molecule has 0 N–H and O–H groups in total. The van der Waals surface area contributed by atoms with Crippen molar-refractivity contribution >= 4 is 0 Å². The summed E-state index contributed by atoms with van der Waals surface area (Å²) in [5, 5.41) is 0. The van der Waals surface area contributed by atoms with E-state index in [2.05, 4.69) is 51.5 Å². The highest BCUT2D eigenvalue weighted by Gasteiger charge is 2.26. The summed E-state index contributed by atoms with van der Waals surface area (Å²) in [7, 11) is -4.94. The van der Waals surface area contributed by atoms with E-state index < -0.39 is 10.2 Å². The third kappa shape index (κ3) is 6.23. The minimum atomic E-state index is -4.94. The summed E-state index contributed by atoms with van der Waals surface area (Å²) in [6, 6.07) is 0. The Morgan fingerprint density at radius 1 is 0.667 bits per heavy atom.